The molecule has 1 atom stereocenters. The summed E-state index contributed by atoms with van der Waals surface area (Å²) in [5.41, 5.74) is 3.04. The van der Waals surface area contributed by atoms with E-state index in [-0.39, 0.29) is 6.04 Å². The lowest BCUT2D eigenvalue weighted by atomic mass is 10.1. The fraction of sp³-hybridized carbons (Fsp3) is 0.421. The van der Waals surface area contributed by atoms with Crippen LogP contribution in [0.15, 0.2) is 18.2 Å². The smallest absolute Gasteiger partial charge is 0.407 e. The van der Waals surface area contributed by atoms with Crippen molar-refractivity contribution in [2.45, 2.75) is 26.4 Å². The number of amides is 1. The second-order valence-electron chi connectivity index (χ2n) is 6.74. The summed E-state index contributed by atoms with van der Waals surface area (Å²) in [5, 5.41) is 19.5. The first kappa shape index (κ1) is 18.0. The number of benzene rings is 1. The third kappa shape index (κ3) is 3.16. The molecule has 7 heteroatoms. The fourth-order valence-electron chi connectivity index (χ4n) is 3.64. The van der Waals surface area contributed by atoms with Crippen molar-refractivity contribution >= 4 is 23.3 Å². The number of carboxylic acid groups (broad SMARTS) is 1. The van der Waals surface area contributed by atoms with Crippen molar-refractivity contribution in [1.29, 1.82) is 5.26 Å². The van der Waals surface area contributed by atoms with Crippen LogP contribution >= 0.6 is 0 Å². The van der Waals surface area contributed by atoms with Crippen molar-refractivity contribution in [1.82, 2.24) is 14.4 Å². The molecule has 2 heterocycles. The lowest BCUT2D eigenvalue weighted by molar-refractivity contribution is 0.0848. The highest BCUT2D eigenvalue weighted by atomic mass is 16.4. The maximum atomic E-state index is 11.2. The van der Waals surface area contributed by atoms with Crippen LogP contribution in [0.5, 0.6) is 0 Å². The van der Waals surface area contributed by atoms with Crippen molar-refractivity contribution in [2.75, 3.05) is 26.2 Å². The molecule has 1 aromatic heterocycles. The number of aromatic nitrogens is 1. The van der Waals surface area contributed by atoms with Crippen LogP contribution in [-0.4, -0.2) is 64.1 Å². The van der Waals surface area contributed by atoms with Crippen molar-refractivity contribution in [3.8, 4) is 6.07 Å². The first-order valence-electron chi connectivity index (χ1n) is 8.66. The third-order valence-corrected chi connectivity index (χ3v) is 5.29. The van der Waals surface area contributed by atoms with E-state index in [9.17, 15) is 14.9 Å². The monoisotopic (exact) mass is 354 g/mol. The van der Waals surface area contributed by atoms with Crippen LogP contribution < -0.4 is 0 Å². The van der Waals surface area contributed by atoms with Gasteiger partial charge in [0.05, 0.1) is 0 Å². The summed E-state index contributed by atoms with van der Waals surface area (Å²) < 4.78 is 1.99. The summed E-state index contributed by atoms with van der Waals surface area (Å²) in [6, 6.07) is 7.94. The van der Waals surface area contributed by atoms with Gasteiger partial charge in [-0.25, -0.2) is 4.79 Å². The average molecular weight is 354 g/mol. The molecule has 0 radical (unpaired) electrons. The molecule has 0 spiro atoms. The molecule has 0 saturated carbocycles. The molecule has 0 aliphatic carbocycles. The number of aryl methyl sites for hydroxylation is 1. The Morgan fingerprint density at radius 1 is 1.35 bits per heavy atom. The van der Waals surface area contributed by atoms with E-state index in [0.29, 0.717) is 44.0 Å². The van der Waals surface area contributed by atoms with Crippen LogP contribution in [0, 0.1) is 18.3 Å². The SMILES string of the molecule is Cc1c(C=O)ccc2c1cc(C#N)n2CC(C)N1CCN(C(=O)O)CC1. The molecule has 1 saturated heterocycles. The van der Waals surface area contributed by atoms with Gasteiger partial charge < -0.3 is 14.6 Å². The Labute approximate surface area is 152 Å². The second kappa shape index (κ2) is 7.18. The molecule has 1 N–H and O–H groups in total. The van der Waals surface area contributed by atoms with Crippen LogP contribution in [0.25, 0.3) is 10.9 Å². The molecule has 1 amide bonds. The van der Waals surface area contributed by atoms with E-state index in [1.54, 1.807) is 6.07 Å². The van der Waals surface area contributed by atoms with Crippen LogP contribution in [0.2, 0.25) is 0 Å². The highest BCUT2D eigenvalue weighted by Crippen LogP contribution is 2.26. The fourth-order valence-corrected chi connectivity index (χ4v) is 3.64. The predicted octanol–water partition coefficient (Wildman–Crippen LogP) is 2.32. The molecular formula is C19H22N4O3. The number of hydrogen-bond donors (Lipinski definition) is 1. The summed E-state index contributed by atoms with van der Waals surface area (Å²) in [6.07, 6.45) is -0.0372. The largest absolute Gasteiger partial charge is 0.465 e. The number of hydrogen-bond acceptors (Lipinski definition) is 4. The quantitative estimate of drug-likeness (QED) is 0.851. The van der Waals surface area contributed by atoms with E-state index in [4.69, 9.17) is 5.11 Å². The van der Waals surface area contributed by atoms with Gasteiger partial charge in [-0.3, -0.25) is 9.69 Å². The lowest BCUT2D eigenvalue weighted by Crippen LogP contribution is -2.51. The maximum absolute atomic E-state index is 11.2. The third-order valence-electron chi connectivity index (χ3n) is 5.29. The van der Waals surface area contributed by atoms with Crippen LogP contribution in [0.3, 0.4) is 0 Å². The van der Waals surface area contributed by atoms with Crippen LogP contribution in [-0.2, 0) is 6.54 Å². The zero-order chi connectivity index (χ0) is 18.8. The molecule has 26 heavy (non-hydrogen) atoms. The Hall–Kier alpha value is -2.85. The molecule has 1 aromatic carbocycles. The van der Waals surface area contributed by atoms with E-state index in [0.717, 1.165) is 22.8 Å². The van der Waals surface area contributed by atoms with Crippen LogP contribution in [0.4, 0.5) is 4.79 Å². The Balaban J connectivity index is 1.84. The topological polar surface area (TPSA) is 89.6 Å². The van der Waals surface area contributed by atoms with Crippen molar-refractivity contribution < 1.29 is 14.7 Å². The van der Waals surface area contributed by atoms with E-state index in [2.05, 4.69) is 17.9 Å². The summed E-state index contributed by atoms with van der Waals surface area (Å²) in [6.45, 7) is 6.99. The van der Waals surface area contributed by atoms with Gasteiger partial charge in [0.25, 0.3) is 0 Å². The number of carbonyl (C=O) groups is 2. The van der Waals surface area contributed by atoms with Crippen molar-refractivity contribution in [3.63, 3.8) is 0 Å². The Morgan fingerprint density at radius 2 is 2.04 bits per heavy atom. The Morgan fingerprint density at radius 3 is 2.62 bits per heavy atom. The number of nitriles is 1. The molecule has 0 bridgehead atoms. The minimum absolute atomic E-state index is 0.166. The first-order chi connectivity index (χ1) is 12.5. The molecular weight excluding hydrogens is 332 g/mol. The van der Waals surface area contributed by atoms with E-state index >= 15 is 0 Å². The number of rotatable bonds is 4. The van der Waals surface area contributed by atoms with Gasteiger partial charge in [0.1, 0.15) is 18.0 Å². The Kier molecular flexibility index (Phi) is 4.96. The minimum Gasteiger partial charge on any atom is -0.465 e. The summed E-state index contributed by atoms with van der Waals surface area (Å²) in [5.74, 6) is 0. The van der Waals surface area contributed by atoms with Crippen molar-refractivity contribution in [2.24, 2.45) is 0 Å². The zero-order valence-corrected chi connectivity index (χ0v) is 15.0. The molecule has 1 aliphatic heterocycles. The van der Waals surface area contributed by atoms with Gasteiger partial charge in [0.2, 0.25) is 0 Å². The first-order valence-corrected chi connectivity index (χ1v) is 8.66. The van der Waals surface area contributed by atoms with Crippen molar-refractivity contribution in [3.05, 3.63) is 35.0 Å². The number of aldehydes is 1. The minimum atomic E-state index is -0.873. The molecule has 136 valence electrons. The zero-order valence-electron chi connectivity index (χ0n) is 15.0. The number of fused-ring (bicyclic) bond motifs is 1. The van der Waals surface area contributed by atoms with E-state index in [1.807, 2.05) is 23.6 Å². The van der Waals surface area contributed by atoms with Gasteiger partial charge in [-0.15, -0.1) is 0 Å². The second-order valence-corrected chi connectivity index (χ2v) is 6.74. The molecule has 1 aliphatic rings. The molecule has 1 fully saturated rings. The number of piperazine rings is 1. The van der Waals surface area contributed by atoms with Crippen LogP contribution in [0.1, 0.15) is 28.5 Å². The summed E-state index contributed by atoms with van der Waals surface area (Å²) in [4.78, 5) is 25.9. The van der Waals surface area contributed by atoms with Gasteiger partial charge in [-0.05, 0) is 37.6 Å². The highest BCUT2D eigenvalue weighted by molar-refractivity contribution is 5.92. The molecule has 3 rings (SSSR count). The number of carbonyl (C=O) groups excluding carboxylic acids is 1. The van der Waals surface area contributed by atoms with E-state index < -0.39 is 6.09 Å². The summed E-state index contributed by atoms with van der Waals surface area (Å²) in [7, 11) is 0. The Bertz CT molecular complexity index is 888. The number of nitrogens with zero attached hydrogens (tertiary/aromatic N) is 4. The molecule has 2 aromatic rings. The van der Waals surface area contributed by atoms with Gasteiger partial charge >= 0.3 is 6.09 Å². The normalized spacial score (nSPS) is 16.4. The van der Waals surface area contributed by atoms with Gasteiger partial charge in [-0.2, -0.15) is 5.26 Å². The standard InChI is InChI=1S/C19H22N4O3/c1-13(21-5-7-22(8-6-21)19(25)26)11-23-16(10-20)9-17-14(2)15(12-24)3-4-18(17)23/h3-4,9,12-13H,5-8,11H2,1-2H3,(H,25,26). The lowest BCUT2D eigenvalue weighted by Gasteiger charge is -2.37. The van der Waals surface area contributed by atoms with Gasteiger partial charge in [-0.1, -0.05) is 0 Å². The highest BCUT2D eigenvalue weighted by Gasteiger charge is 2.24. The maximum Gasteiger partial charge on any atom is 0.407 e. The average Bonchev–Trinajstić information content (AvgIpc) is 3.00. The van der Waals surface area contributed by atoms with E-state index in [1.165, 1.54) is 4.90 Å². The van der Waals surface area contributed by atoms with Gasteiger partial charge in [0, 0.05) is 55.2 Å². The molecule has 1 unspecified atom stereocenters. The summed E-state index contributed by atoms with van der Waals surface area (Å²) >= 11 is 0. The molecule has 7 nitrogen and oxygen atoms in total. The predicted molar refractivity (Wildman–Crippen MR) is 97.4 cm³/mol. The van der Waals surface area contributed by atoms with Gasteiger partial charge in [0.15, 0.2) is 0 Å².